The van der Waals surface area contributed by atoms with Crippen LogP contribution in [0.15, 0.2) is 12.1 Å². The van der Waals surface area contributed by atoms with Gasteiger partial charge in [-0.05, 0) is 37.1 Å². The van der Waals surface area contributed by atoms with Crippen molar-refractivity contribution in [3.05, 3.63) is 23.3 Å². The Labute approximate surface area is 113 Å². The zero-order valence-electron chi connectivity index (χ0n) is 11.7. The summed E-state index contributed by atoms with van der Waals surface area (Å²) >= 11 is 0. The zero-order valence-corrected chi connectivity index (χ0v) is 11.7. The third kappa shape index (κ3) is 3.17. The molecule has 1 aromatic rings. The predicted molar refractivity (Wildman–Crippen MR) is 75.9 cm³/mol. The summed E-state index contributed by atoms with van der Waals surface area (Å²) in [6, 6.07) is 3.83. The summed E-state index contributed by atoms with van der Waals surface area (Å²) in [5.41, 5.74) is 3.02. The maximum atomic E-state index is 12.2. The molecule has 1 aliphatic rings. The molecule has 5 nitrogen and oxygen atoms in total. The first kappa shape index (κ1) is 13.7. The van der Waals surface area contributed by atoms with Gasteiger partial charge < -0.3 is 20.3 Å². The van der Waals surface area contributed by atoms with Gasteiger partial charge >= 0.3 is 6.03 Å². The lowest BCUT2D eigenvalue weighted by Gasteiger charge is -2.27. The van der Waals surface area contributed by atoms with Crippen molar-refractivity contribution in [2.45, 2.75) is 13.8 Å². The summed E-state index contributed by atoms with van der Waals surface area (Å²) in [4.78, 5) is 14.0. The first-order valence-corrected chi connectivity index (χ1v) is 6.53. The van der Waals surface area contributed by atoms with Crippen molar-refractivity contribution >= 4 is 11.7 Å². The smallest absolute Gasteiger partial charge is 0.322 e. The second-order valence-corrected chi connectivity index (χ2v) is 4.80. The Balaban J connectivity index is 2.13. The molecule has 0 radical (unpaired) electrons. The maximum absolute atomic E-state index is 12.2. The summed E-state index contributed by atoms with van der Waals surface area (Å²) in [6.07, 6.45) is 0. The molecule has 0 aliphatic carbocycles. The van der Waals surface area contributed by atoms with Crippen LogP contribution in [-0.4, -0.2) is 44.2 Å². The molecule has 19 heavy (non-hydrogen) atoms. The summed E-state index contributed by atoms with van der Waals surface area (Å²) < 4.78 is 5.32. The molecule has 1 aliphatic heterocycles. The average molecular weight is 263 g/mol. The van der Waals surface area contributed by atoms with Crippen LogP contribution in [0.1, 0.15) is 11.1 Å². The van der Waals surface area contributed by atoms with Gasteiger partial charge in [0.1, 0.15) is 5.75 Å². The fraction of sp³-hybridized carbons (Fsp3) is 0.500. The van der Waals surface area contributed by atoms with E-state index in [1.807, 2.05) is 30.9 Å². The van der Waals surface area contributed by atoms with Crippen molar-refractivity contribution in [3.63, 3.8) is 0 Å². The van der Waals surface area contributed by atoms with E-state index in [0.29, 0.717) is 5.75 Å². The number of methoxy groups -OCH3 is 1. The number of ether oxygens (including phenoxy) is 1. The monoisotopic (exact) mass is 263 g/mol. The molecular weight excluding hydrogens is 242 g/mol. The van der Waals surface area contributed by atoms with Crippen LogP contribution in [0.25, 0.3) is 0 Å². The fourth-order valence-corrected chi connectivity index (χ4v) is 2.12. The highest BCUT2D eigenvalue weighted by Crippen LogP contribution is 2.28. The lowest BCUT2D eigenvalue weighted by molar-refractivity contribution is 0.203. The summed E-state index contributed by atoms with van der Waals surface area (Å²) in [6.45, 7) is 7.21. The van der Waals surface area contributed by atoms with E-state index in [-0.39, 0.29) is 6.03 Å². The molecule has 2 rings (SSSR count). The molecule has 1 fully saturated rings. The molecule has 1 aromatic carbocycles. The molecular formula is C14H21N3O2. The predicted octanol–water partition coefficient (Wildman–Crippen LogP) is 1.75. The minimum absolute atomic E-state index is 0.0666. The number of nitrogens with zero attached hydrogens (tertiary/aromatic N) is 1. The van der Waals surface area contributed by atoms with E-state index in [9.17, 15) is 4.79 Å². The number of carbonyl (C=O) groups is 1. The molecule has 1 heterocycles. The number of aryl methyl sites for hydroxylation is 2. The van der Waals surface area contributed by atoms with Crippen molar-refractivity contribution < 1.29 is 9.53 Å². The molecule has 0 bridgehead atoms. The number of rotatable bonds is 2. The molecule has 1 saturated heterocycles. The number of carbonyl (C=O) groups excluding carboxylic acids is 1. The highest BCUT2D eigenvalue weighted by Gasteiger charge is 2.17. The summed E-state index contributed by atoms with van der Waals surface area (Å²) in [5, 5.41) is 6.16. The Kier molecular flexibility index (Phi) is 4.27. The first-order chi connectivity index (χ1) is 9.11. The quantitative estimate of drug-likeness (QED) is 0.854. The number of hydrogen-bond acceptors (Lipinski definition) is 3. The Bertz CT molecular complexity index is 468. The number of amides is 2. The summed E-state index contributed by atoms with van der Waals surface area (Å²) in [5.74, 6) is 0.701. The number of nitrogens with one attached hydrogen (secondary N) is 2. The molecule has 104 valence electrons. The first-order valence-electron chi connectivity index (χ1n) is 6.53. The highest BCUT2D eigenvalue weighted by molar-refractivity contribution is 5.91. The number of anilines is 1. The van der Waals surface area contributed by atoms with Crippen molar-refractivity contribution in [1.82, 2.24) is 10.2 Å². The second-order valence-electron chi connectivity index (χ2n) is 4.80. The molecule has 2 amide bonds. The number of piperazine rings is 1. The lowest BCUT2D eigenvalue weighted by Crippen LogP contribution is -2.48. The lowest BCUT2D eigenvalue weighted by atomic mass is 10.1. The third-order valence-corrected chi connectivity index (χ3v) is 3.46. The highest BCUT2D eigenvalue weighted by atomic mass is 16.5. The van der Waals surface area contributed by atoms with E-state index < -0.39 is 0 Å². The Morgan fingerprint density at radius 1 is 1.26 bits per heavy atom. The van der Waals surface area contributed by atoms with Crippen molar-refractivity contribution in [2.24, 2.45) is 0 Å². The van der Waals surface area contributed by atoms with Gasteiger partial charge in [-0.15, -0.1) is 0 Å². The van der Waals surface area contributed by atoms with E-state index in [4.69, 9.17) is 4.74 Å². The Morgan fingerprint density at radius 3 is 2.53 bits per heavy atom. The van der Waals surface area contributed by atoms with Gasteiger partial charge in [-0.25, -0.2) is 4.79 Å². The van der Waals surface area contributed by atoms with Gasteiger partial charge in [-0.1, -0.05) is 0 Å². The van der Waals surface area contributed by atoms with Gasteiger partial charge in [0.25, 0.3) is 0 Å². The second kappa shape index (κ2) is 5.93. The average Bonchev–Trinajstić information content (AvgIpc) is 2.43. The molecule has 5 heteroatoms. The molecule has 0 atom stereocenters. The van der Waals surface area contributed by atoms with Crippen LogP contribution in [0.5, 0.6) is 5.75 Å². The molecule has 2 N–H and O–H groups in total. The standard InChI is InChI=1S/C14H21N3O2/c1-10-8-12(13(19-3)9-11(10)2)16-14(18)17-6-4-15-5-7-17/h8-9,15H,4-7H2,1-3H3,(H,16,18). The fourth-order valence-electron chi connectivity index (χ4n) is 2.12. The van der Waals surface area contributed by atoms with Crippen LogP contribution in [0, 0.1) is 13.8 Å². The van der Waals surface area contributed by atoms with Crippen LogP contribution in [0.4, 0.5) is 10.5 Å². The Morgan fingerprint density at radius 2 is 1.89 bits per heavy atom. The van der Waals surface area contributed by atoms with E-state index in [0.717, 1.165) is 43.0 Å². The SMILES string of the molecule is COc1cc(C)c(C)cc1NC(=O)N1CCNCC1. The minimum Gasteiger partial charge on any atom is -0.495 e. The topological polar surface area (TPSA) is 53.6 Å². The van der Waals surface area contributed by atoms with Crippen molar-refractivity contribution in [2.75, 3.05) is 38.6 Å². The van der Waals surface area contributed by atoms with Crippen LogP contribution in [0.2, 0.25) is 0 Å². The van der Waals surface area contributed by atoms with E-state index in [1.54, 1.807) is 7.11 Å². The number of urea groups is 1. The van der Waals surface area contributed by atoms with Gasteiger partial charge in [-0.3, -0.25) is 0 Å². The van der Waals surface area contributed by atoms with Crippen LogP contribution < -0.4 is 15.4 Å². The minimum atomic E-state index is -0.0666. The van der Waals surface area contributed by atoms with E-state index in [2.05, 4.69) is 10.6 Å². The van der Waals surface area contributed by atoms with Gasteiger partial charge in [0.05, 0.1) is 12.8 Å². The van der Waals surface area contributed by atoms with Gasteiger partial charge in [-0.2, -0.15) is 0 Å². The van der Waals surface area contributed by atoms with Gasteiger partial charge in [0, 0.05) is 26.2 Å². The summed E-state index contributed by atoms with van der Waals surface area (Å²) in [7, 11) is 1.62. The van der Waals surface area contributed by atoms with E-state index in [1.165, 1.54) is 0 Å². The van der Waals surface area contributed by atoms with Crippen LogP contribution in [0.3, 0.4) is 0 Å². The molecule has 0 aromatic heterocycles. The Hall–Kier alpha value is -1.75. The van der Waals surface area contributed by atoms with Crippen LogP contribution in [-0.2, 0) is 0 Å². The van der Waals surface area contributed by atoms with Gasteiger partial charge in [0.15, 0.2) is 0 Å². The van der Waals surface area contributed by atoms with Gasteiger partial charge in [0.2, 0.25) is 0 Å². The molecule has 0 saturated carbocycles. The largest absolute Gasteiger partial charge is 0.495 e. The van der Waals surface area contributed by atoms with Crippen molar-refractivity contribution in [3.8, 4) is 5.75 Å². The normalized spacial score (nSPS) is 15.2. The molecule has 0 unspecified atom stereocenters. The van der Waals surface area contributed by atoms with Crippen molar-refractivity contribution in [1.29, 1.82) is 0 Å². The number of benzene rings is 1. The van der Waals surface area contributed by atoms with E-state index >= 15 is 0 Å². The van der Waals surface area contributed by atoms with Crippen LogP contribution >= 0.6 is 0 Å². The molecule has 0 spiro atoms. The maximum Gasteiger partial charge on any atom is 0.322 e. The third-order valence-electron chi connectivity index (χ3n) is 3.46. The zero-order chi connectivity index (χ0) is 13.8. The number of hydrogen-bond donors (Lipinski definition) is 2.